The number of carboxylic acids is 1. The third kappa shape index (κ3) is 4.25. The summed E-state index contributed by atoms with van der Waals surface area (Å²) in [5, 5.41) is 8.99. The summed E-state index contributed by atoms with van der Waals surface area (Å²) in [7, 11) is 0. The summed E-state index contributed by atoms with van der Waals surface area (Å²) >= 11 is 0. The normalized spacial score (nSPS) is 10.5. The van der Waals surface area contributed by atoms with Crippen molar-refractivity contribution in [2.24, 2.45) is 0 Å². The van der Waals surface area contributed by atoms with E-state index in [-0.39, 0.29) is 18.6 Å². The molecule has 1 N–H and O–H groups in total. The van der Waals surface area contributed by atoms with Gasteiger partial charge in [0.25, 0.3) is 0 Å². The summed E-state index contributed by atoms with van der Waals surface area (Å²) in [5.74, 6) is -2.01. The monoisotopic (exact) mass is 354 g/mol. The molecule has 0 aliphatic carbocycles. The highest BCUT2D eigenvalue weighted by Gasteiger charge is 2.14. The standard InChI is InChI=1S/C21H16F2O3/c22-16-7-8-17(19(23)12-16)18-10-15(11-21(24)25)6-9-20(18)26-13-14-4-2-1-3-5-14/h1-10,12H,11,13H2,(H,24,25). The number of hydrogen-bond donors (Lipinski definition) is 1. The molecule has 0 saturated carbocycles. The molecule has 0 spiro atoms. The van der Waals surface area contributed by atoms with Gasteiger partial charge in [0.2, 0.25) is 0 Å². The first kappa shape index (κ1) is 17.6. The molecule has 3 rings (SSSR count). The lowest BCUT2D eigenvalue weighted by atomic mass is 10.00. The van der Waals surface area contributed by atoms with Gasteiger partial charge in [0.05, 0.1) is 6.42 Å². The van der Waals surface area contributed by atoms with Crippen molar-refractivity contribution in [3.05, 3.63) is 89.5 Å². The van der Waals surface area contributed by atoms with Gasteiger partial charge in [-0.3, -0.25) is 4.79 Å². The van der Waals surface area contributed by atoms with Gasteiger partial charge in [-0.2, -0.15) is 0 Å². The zero-order valence-electron chi connectivity index (χ0n) is 13.8. The third-order valence-corrected chi connectivity index (χ3v) is 3.86. The van der Waals surface area contributed by atoms with E-state index in [2.05, 4.69) is 0 Å². The van der Waals surface area contributed by atoms with E-state index in [1.54, 1.807) is 18.2 Å². The molecule has 3 nitrogen and oxygen atoms in total. The van der Waals surface area contributed by atoms with Crippen molar-refractivity contribution in [2.45, 2.75) is 13.0 Å². The quantitative estimate of drug-likeness (QED) is 0.689. The summed E-state index contributed by atoms with van der Waals surface area (Å²) in [6, 6.07) is 17.5. The van der Waals surface area contributed by atoms with E-state index >= 15 is 0 Å². The topological polar surface area (TPSA) is 46.5 Å². The van der Waals surface area contributed by atoms with Crippen molar-refractivity contribution >= 4 is 5.97 Å². The first-order valence-corrected chi connectivity index (χ1v) is 8.00. The number of carboxylic acid groups (broad SMARTS) is 1. The van der Waals surface area contributed by atoms with Crippen LogP contribution in [0.5, 0.6) is 5.75 Å². The number of carbonyl (C=O) groups is 1. The fraction of sp³-hybridized carbons (Fsp3) is 0.0952. The van der Waals surface area contributed by atoms with Crippen LogP contribution in [0.4, 0.5) is 8.78 Å². The molecule has 132 valence electrons. The summed E-state index contributed by atoms with van der Waals surface area (Å²) in [6.07, 6.45) is -0.200. The zero-order chi connectivity index (χ0) is 18.5. The Morgan fingerprint density at radius 2 is 1.65 bits per heavy atom. The molecule has 0 aliphatic heterocycles. The van der Waals surface area contributed by atoms with Crippen LogP contribution in [0, 0.1) is 11.6 Å². The second kappa shape index (κ2) is 7.78. The van der Waals surface area contributed by atoms with E-state index in [4.69, 9.17) is 9.84 Å². The minimum absolute atomic E-state index is 0.154. The van der Waals surface area contributed by atoms with Crippen LogP contribution in [0.1, 0.15) is 11.1 Å². The van der Waals surface area contributed by atoms with Crippen LogP contribution in [0.15, 0.2) is 66.7 Å². The highest BCUT2D eigenvalue weighted by molar-refractivity contribution is 5.75. The largest absolute Gasteiger partial charge is 0.488 e. The molecule has 0 aliphatic rings. The molecule has 0 amide bonds. The minimum atomic E-state index is -0.992. The van der Waals surface area contributed by atoms with E-state index in [0.717, 1.165) is 17.7 Å². The summed E-state index contributed by atoms with van der Waals surface area (Å²) in [5.41, 5.74) is 1.98. The van der Waals surface area contributed by atoms with Crippen LogP contribution in [0.3, 0.4) is 0 Å². The second-order valence-corrected chi connectivity index (χ2v) is 5.80. The molecule has 0 saturated heterocycles. The van der Waals surface area contributed by atoms with Gasteiger partial charge >= 0.3 is 5.97 Å². The first-order chi connectivity index (χ1) is 12.5. The van der Waals surface area contributed by atoms with Crippen molar-refractivity contribution in [2.75, 3.05) is 0 Å². The zero-order valence-corrected chi connectivity index (χ0v) is 13.8. The maximum absolute atomic E-state index is 14.3. The van der Waals surface area contributed by atoms with Crippen molar-refractivity contribution in [1.82, 2.24) is 0 Å². The van der Waals surface area contributed by atoms with E-state index in [9.17, 15) is 13.6 Å². The van der Waals surface area contributed by atoms with E-state index < -0.39 is 17.6 Å². The molecule has 0 bridgehead atoms. The number of rotatable bonds is 6. The highest BCUT2D eigenvalue weighted by Crippen LogP contribution is 2.34. The lowest BCUT2D eigenvalue weighted by Crippen LogP contribution is -2.02. The highest BCUT2D eigenvalue weighted by atomic mass is 19.1. The number of ether oxygens (including phenoxy) is 1. The van der Waals surface area contributed by atoms with Gasteiger partial charge in [0, 0.05) is 17.2 Å². The summed E-state index contributed by atoms with van der Waals surface area (Å²) < 4.78 is 33.3. The Hall–Kier alpha value is -3.21. The number of hydrogen-bond acceptors (Lipinski definition) is 2. The average Bonchev–Trinajstić information content (AvgIpc) is 2.61. The van der Waals surface area contributed by atoms with Crippen molar-refractivity contribution < 1.29 is 23.4 Å². The Labute approximate surface area is 149 Å². The van der Waals surface area contributed by atoms with Crippen LogP contribution in [-0.2, 0) is 17.8 Å². The van der Waals surface area contributed by atoms with E-state index in [1.807, 2.05) is 30.3 Å². The van der Waals surface area contributed by atoms with Crippen molar-refractivity contribution in [3.63, 3.8) is 0 Å². The van der Waals surface area contributed by atoms with Crippen LogP contribution < -0.4 is 4.74 Å². The second-order valence-electron chi connectivity index (χ2n) is 5.80. The fourth-order valence-corrected chi connectivity index (χ4v) is 2.64. The Kier molecular flexibility index (Phi) is 5.27. The minimum Gasteiger partial charge on any atom is -0.488 e. The Morgan fingerprint density at radius 1 is 0.885 bits per heavy atom. The average molecular weight is 354 g/mol. The lowest BCUT2D eigenvalue weighted by Gasteiger charge is -2.14. The van der Waals surface area contributed by atoms with Crippen LogP contribution in [0.2, 0.25) is 0 Å². The van der Waals surface area contributed by atoms with Crippen LogP contribution >= 0.6 is 0 Å². The molecule has 0 atom stereocenters. The van der Waals surface area contributed by atoms with Gasteiger partial charge in [0.15, 0.2) is 0 Å². The van der Waals surface area contributed by atoms with Crippen molar-refractivity contribution in [1.29, 1.82) is 0 Å². The van der Waals surface area contributed by atoms with Gasteiger partial charge < -0.3 is 9.84 Å². The van der Waals surface area contributed by atoms with Crippen LogP contribution in [0.25, 0.3) is 11.1 Å². The molecular formula is C21H16F2O3. The molecule has 0 radical (unpaired) electrons. The molecule has 0 fully saturated rings. The van der Waals surface area contributed by atoms with Gasteiger partial charge in [-0.25, -0.2) is 8.78 Å². The maximum Gasteiger partial charge on any atom is 0.307 e. The van der Waals surface area contributed by atoms with E-state index in [1.165, 1.54) is 6.07 Å². The van der Waals surface area contributed by atoms with Gasteiger partial charge in [-0.15, -0.1) is 0 Å². The molecule has 5 heteroatoms. The van der Waals surface area contributed by atoms with Crippen molar-refractivity contribution in [3.8, 4) is 16.9 Å². The lowest BCUT2D eigenvalue weighted by molar-refractivity contribution is -0.136. The smallest absolute Gasteiger partial charge is 0.307 e. The fourth-order valence-electron chi connectivity index (χ4n) is 2.64. The first-order valence-electron chi connectivity index (χ1n) is 8.00. The number of aliphatic carboxylic acids is 1. The number of benzene rings is 3. The van der Waals surface area contributed by atoms with Gasteiger partial charge in [-0.1, -0.05) is 36.4 Å². The molecule has 0 heterocycles. The number of halogens is 2. The predicted molar refractivity (Wildman–Crippen MR) is 93.9 cm³/mol. The predicted octanol–water partition coefficient (Wildman–Crippen LogP) is 4.84. The molecule has 0 aromatic heterocycles. The summed E-state index contributed by atoms with van der Waals surface area (Å²) in [6.45, 7) is 0.273. The van der Waals surface area contributed by atoms with Crippen LogP contribution in [-0.4, -0.2) is 11.1 Å². The van der Waals surface area contributed by atoms with E-state index in [0.29, 0.717) is 16.9 Å². The third-order valence-electron chi connectivity index (χ3n) is 3.86. The molecular weight excluding hydrogens is 338 g/mol. The maximum atomic E-state index is 14.3. The Morgan fingerprint density at radius 3 is 2.35 bits per heavy atom. The SMILES string of the molecule is O=C(O)Cc1ccc(OCc2ccccc2)c(-c2ccc(F)cc2F)c1. The van der Waals surface area contributed by atoms with Gasteiger partial charge in [0.1, 0.15) is 24.0 Å². The molecule has 3 aromatic rings. The Balaban J connectivity index is 1.98. The molecule has 3 aromatic carbocycles. The molecule has 26 heavy (non-hydrogen) atoms. The Bertz CT molecular complexity index is 924. The molecule has 0 unspecified atom stereocenters. The summed E-state index contributed by atoms with van der Waals surface area (Å²) in [4.78, 5) is 11.0. The van der Waals surface area contributed by atoms with Gasteiger partial charge in [-0.05, 0) is 35.4 Å².